The zero-order valence-electron chi connectivity index (χ0n) is 11.8. The van der Waals surface area contributed by atoms with Crippen LogP contribution in [0.25, 0.3) is 0 Å². The molecule has 1 aromatic heterocycles. The summed E-state index contributed by atoms with van der Waals surface area (Å²) in [4.78, 5) is 13.8. The van der Waals surface area contributed by atoms with Gasteiger partial charge in [0.25, 0.3) is 0 Å². The Labute approximate surface area is 123 Å². The molecule has 112 valence electrons. The summed E-state index contributed by atoms with van der Waals surface area (Å²) in [6.45, 7) is 2.53. The fourth-order valence-corrected chi connectivity index (χ4v) is 2.81. The molecule has 7 heteroatoms. The molecule has 0 saturated heterocycles. The number of unbranched alkanes of at least 4 members (excludes halogenated alkanes) is 2. The van der Waals surface area contributed by atoms with Crippen molar-refractivity contribution in [2.75, 3.05) is 18.5 Å². The van der Waals surface area contributed by atoms with Gasteiger partial charge >= 0.3 is 6.03 Å². The summed E-state index contributed by atoms with van der Waals surface area (Å²) in [5.74, 6) is 0. The molecule has 0 bridgehead atoms. The van der Waals surface area contributed by atoms with Crippen molar-refractivity contribution in [3.63, 3.8) is 0 Å². The maximum Gasteiger partial charge on any atom is 0.324 e. The largest absolute Gasteiger partial charge is 0.395 e. The van der Waals surface area contributed by atoms with Crippen LogP contribution < -0.4 is 5.32 Å². The number of hydrogen-bond acceptors (Lipinski definition) is 5. The Morgan fingerprint density at radius 3 is 2.90 bits per heavy atom. The smallest absolute Gasteiger partial charge is 0.324 e. The average Bonchev–Trinajstić information content (AvgIpc) is 3.18. The summed E-state index contributed by atoms with van der Waals surface area (Å²) in [7, 11) is 0. The number of aromatic nitrogens is 2. The van der Waals surface area contributed by atoms with Gasteiger partial charge in [-0.15, -0.1) is 10.2 Å². The molecule has 2 rings (SSSR count). The first-order chi connectivity index (χ1) is 9.74. The second-order valence-corrected chi connectivity index (χ2v) is 6.10. The molecule has 1 saturated carbocycles. The van der Waals surface area contributed by atoms with Gasteiger partial charge in [0.1, 0.15) is 5.01 Å². The van der Waals surface area contributed by atoms with Crippen LogP contribution in [0, 0.1) is 0 Å². The number of hydrogen-bond donors (Lipinski definition) is 2. The summed E-state index contributed by atoms with van der Waals surface area (Å²) in [5, 5.41) is 21.4. The molecule has 0 unspecified atom stereocenters. The van der Waals surface area contributed by atoms with Gasteiger partial charge in [-0.05, 0) is 19.3 Å². The average molecular weight is 298 g/mol. The van der Waals surface area contributed by atoms with Gasteiger partial charge in [-0.25, -0.2) is 4.79 Å². The van der Waals surface area contributed by atoms with Crippen LogP contribution in [0.3, 0.4) is 0 Å². The first-order valence-electron chi connectivity index (χ1n) is 7.25. The number of rotatable bonds is 8. The lowest BCUT2D eigenvalue weighted by Crippen LogP contribution is -2.38. The molecule has 20 heavy (non-hydrogen) atoms. The second-order valence-electron chi connectivity index (χ2n) is 5.04. The van der Waals surface area contributed by atoms with E-state index < -0.39 is 0 Å². The Morgan fingerprint density at radius 2 is 2.25 bits per heavy atom. The fourth-order valence-electron chi connectivity index (χ4n) is 2.04. The highest BCUT2D eigenvalue weighted by atomic mass is 32.1. The normalized spacial score (nSPS) is 14.3. The van der Waals surface area contributed by atoms with Crippen molar-refractivity contribution in [3.05, 3.63) is 5.01 Å². The lowest BCUT2D eigenvalue weighted by Gasteiger charge is -2.20. The lowest BCUT2D eigenvalue weighted by molar-refractivity contribution is 0.185. The standard InChI is InChI=1S/C13H22N4O2S/c1-2-3-4-5-11-15-16-12(20-11)14-13(19)17(8-9-18)10-6-7-10/h10,18H,2-9H2,1H3,(H,14,16,19). The molecular formula is C13H22N4O2S. The number of aryl methyl sites for hydroxylation is 1. The third-order valence-corrected chi connectivity index (χ3v) is 4.16. The second kappa shape index (κ2) is 7.54. The van der Waals surface area contributed by atoms with Gasteiger partial charge in [0, 0.05) is 19.0 Å². The van der Waals surface area contributed by atoms with Gasteiger partial charge in [-0.1, -0.05) is 31.1 Å². The predicted molar refractivity (Wildman–Crippen MR) is 79.0 cm³/mol. The van der Waals surface area contributed by atoms with E-state index in [1.54, 1.807) is 4.90 Å². The van der Waals surface area contributed by atoms with E-state index in [0.717, 1.165) is 30.7 Å². The SMILES string of the molecule is CCCCCc1nnc(NC(=O)N(CCO)C2CC2)s1. The lowest BCUT2D eigenvalue weighted by atomic mass is 10.2. The topological polar surface area (TPSA) is 78.4 Å². The first-order valence-corrected chi connectivity index (χ1v) is 8.07. The molecule has 1 aliphatic rings. The summed E-state index contributed by atoms with van der Waals surface area (Å²) >= 11 is 1.44. The van der Waals surface area contributed by atoms with E-state index in [1.807, 2.05) is 0 Å². The number of carbonyl (C=O) groups excluding carboxylic acids is 1. The number of aliphatic hydroxyl groups excluding tert-OH is 1. The van der Waals surface area contributed by atoms with Gasteiger partial charge < -0.3 is 10.0 Å². The van der Waals surface area contributed by atoms with Gasteiger partial charge in [-0.2, -0.15) is 0 Å². The van der Waals surface area contributed by atoms with Gasteiger partial charge in [-0.3, -0.25) is 5.32 Å². The van der Waals surface area contributed by atoms with Crippen molar-refractivity contribution in [3.8, 4) is 0 Å². The van der Waals surface area contributed by atoms with Gasteiger partial charge in [0.2, 0.25) is 5.13 Å². The van der Waals surface area contributed by atoms with E-state index in [4.69, 9.17) is 5.11 Å². The van der Waals surface area contributed by atoms with E-state index in [0.29, 0.717) is 11.7 Å². The third kappa shape index (κ3) is 4.42. The van der Waals surface area contributed by atoms with Crippen molar-refractivity contribution in [1.29, 1.82) is 0 Å². The van der Waals surface area contributed by atoms with Crippen molar-refractivity contribution in [2.24, 2.45) is 0 Å². The van der Waals surface area contributed by atoms with Crippen molar-refractivity contribution in [2.45, 2.75) is 51.5 Å². The molecule has 0 spiro atoms. The van der Waals surface area contributed by atoms with Crippen LogP contribution in [0.4, 0.5) is 9.93 Å². The molecule has 0 aromatic carbocycles. The highest BCUT2D eigenvalue weighted by molar-refractivity contribution is 7.15. The van der Waals surface area contributed by atoms with E-state index in [2.05, 4.69) is 22.4 Å². The summed E-state index contributed by atoms with van der Waals surface area (Å²) in [6, 6.07) is 0.0944. The fraction of sp³-hybridized carbons (Fsp3) is 0.769. The van der Waals surface area contributed by atoms with Crippen LogP contribution in [-0.2, 0) is 6.42 Å². The van der Waals surface area contributed by atoms with Crippen LogP contribution in [0.5, 0.6) is 0 Å². The number of anilines is 1. The van der Waals surface area contributed by atoms with E-state index >= 15 is 0 Å². The number of amides is 2. The monoisotopic (exact) mass is 298 g/mol. The Balaban J connectivity index is 1.83. The molecule has 1 aliphatic carbocycles. The molecule has 2 N–H and O–H groups in total. The van der Waals surface area contributed by atoms with Crippen LogP contribution in [0.2, 0.25) is 0 Å². The van der Waals surface area contributed by atoms with Crippen LogP contribution in [0.15, 0.2) is 0 Å². The minimum Gasteiger partial charge on any atom is -0.395 e. The summed E-state index contributed by atoms with van der Waals surface area (Å²) in [6.07, 6.45) is 6.44. The van der Waals surface area contributed by atoms with Crippen molar-refractivity contribution in [1.82, 2.24) is 15.1 Å². The minimum atomic E-state index is -0.183. The zero-order chi connectivity index (χ0) is 14.4. The maximum absolute atomic E-state index is 12.1. The minimum absolute atomic E-state index is 0.0116. The first kappa shape index (κ1) is 15.2. The highest BCUT2D eigenvalue weighted by Crippen LogP contribution is 2.27. The highest BCUT2D eigenvalue weighted by Gasteiger charge is 2.32. The van der Waals surface area contributed by atoms with Crippen molar-refractivity contribution >= 4 is 22.5 Å². The van der Waals surface area contributed by atoms with E-state index in [9.17, 15) is 4.79 Å². The maximum atomic E-state index is 12.1. The predicted octanol–water partition coefficient (Wildman–Crippen LogP) is 2.26. The van der Waals surface area contributed by atoms with Crippen LogP contribution >= 0.6 is 11.3 Å². The number of urea groups is 1. The van der Waals surface area contributed by atoms with Crippen molar-refractivity contribution < 1.29 is 9.90 Å². The number of aliphatic hydroxyl groups is 1. The Bertz CT molecular complexity index is 434. The molecule has 1 aromatic rings. The molecule has 0 atom stereocenters. The summed E-state index contributed by atoms with van der Waals surface area (Å²) < 4.78 is 0. The summed E-state index contributed by atoms with van der Waals surface area (Å²) in [5.41, 5.74) is 0. The number of nitrogens with zero attached hydrogens (tertiary/aromatic N) is 3. The van der Waals surface area contributed by atoms with Crippen LogP contribution in [0.1, 0.15) is 44.0 Å². The number of nitrogens with one attached hydrogen (secondary N) is 1. The molecule has 1 fully saturated rings. The Hall–Kier alpha value is -1.21. The van der Waals surface area contributed by atoms with E-state index in [-0.39, 0.29) is 18.7 Å². The van der Waals surface area contributed by atoms with E-state index in [1.165, 1.54) is 24.2 Å². The Kier molecular flexibility index (Phi) is 5.72. The number of carbonyl (C=O) groups is 1. The molecular weight excluding hydrogens is 276 g/mol. The molecule has 6 nitrogen and oxygen atoms in total. The van der Waals surface area contributed by atoms with Gasteiger partial charge in [0.05, 0.1) is 6.61 Å². The van der Waals surface area contributed by atoms with Gasteiger partial charge in [0.15, 0.2) is 0 Å². The van der Waals surface area contributed by atoms with Crippen LogP contribution in [-0.4, -0.2) is 45.4 Å². The molecule has 1 heterocycles. The molecule has 2 amide bonds. The third-order valence-electron chi connectivity index (χ3n) is 3.26. The quantitative estimate of drug-likeness (QED) is 0.722. The molecule has 0 radical (unpaired) electrons. The Morgan fingerprint density at radius 1 is 1.45 bits per heavy atom. The zero-order valence-corrected chi connectivity index (χ0v) is 12.7. The molecule has 0 aliphatic heterocycles.